The van der Waals surface area contributed by atoms with E-state index in [4.69, 9.17) is 4.55 Å². The van der Waals surface area contributed by atoms with Gasteiger partial charge in [0.25, 0.3) is 10.1 Å². The van der Waals surface area contributed by atoms with E-state index in [-0.39, 0.29) is 29.6 Å². The molecule has 4 rings (SSSR count). The second-order valence-electron chi connectivity index (χ2n) is 13.9. The van der Waals surface area contributed by atoms with Crippen molar-refractivity contribution in [2.24, 2.45) is 52.3 Å². The maximum atomic E-state index is 12.3. The molecule has 4 saturated carbocycles. The molecule has 1 amide bonds. The average Bonchev–Trinajstić information content (AvgIpc) is 3.19. The summed E-state index contributed by atoms with van der Waals surface area (Å²) in [6.45, 7) is 8.61. The lowest BCUT2D eigenvalue weighted by Crippen LogP contribution is -2.58. The van der Waals surface area contributed by atoms with E-state index in [9.17, 15) is 28.5 Å². The van der Waals surface area contributed by atoms with Crippen molar-refractivity contribution >= 4 is 16.0 Å². The Bertz CT molecular complexity index is 959. The minimum atomic E-state index is -4.14. The van der Waals surface area contributed by atoms with Crippen molar-refractivity contribution in [3.8, 4) is 0 Å². The Balaban J connectivity index is 1.35. The van der Waals surface area contributed by atoms with Crippen LogP contribution in [0.3, 0.4) is 0 Å². The Morgan fingerprint density at radius 2 is 1.63 bits per heavy atom. The molecule has 5 N–H and O–H groups in total. The summed E-state index contributed by atoms with van der Waals surface area (Å²) in [5.41, 5.74) is 0.388. The molecular formula is C29H51NO7S. The normalized spacial score (nSPS) is 43.3. The van der Waals surface area contributed by atoms with Crippen molar-refractivity contribution in [3.63, 3.8) is 0 Å². The summed E-state index contributed by atoms with van der Waals surface area (Å²) in [5.74, 6) is 1.07. The Hall–Kier alpha value is -0.740. The molecule has 0 heterocycles. The van der Waals surface area contributed by atoms with Gasteiger partial charge in [-0.25, -0.2) is 0 Å². The summed E-state index contributed by atoms with van der Waals surface area (Å²) in [4.78, 5) is 12.3. The molecule has 9 heteroatoms. The Morgan fingerprint density at radius 1 is 0.974 bits per heavy atom. The van der Waals surface area contributed by atoms with Crippen molar-refractivity contribution in [2.75, 3.05) is 12.3 Å². The van der Waals surface area contributed by atoms with Gasteiger partial charge in [-0.3, -0.25) is 9.35 Å². The summed E-state index contributed by atoms with van der Waals surface area (Å²) in [6.07, 6.45) is 8.17. The highest BCUT2D eigenvalue weighted by molar-refractivity contribution is 7.85. The molecule has 0 aromatic rings. The molecule has 0 aromatic carbocycles. The van der Waals surface area contributed by atoms with Crippen LogP contribution >= 0.6 is 0 Å². The number of aliphatic hydroxyl groups excluding tert-OH is 3. The summed E-state index contributed by atoms with van der Waals surface area (Å²) in [6, 6.07) is 0. The van der Waals surface area contributed by atoms with Gasteiger partial charge in [0.15, 0.2) is 0 Å². The van der Waals surface area contributed by atoms with Gasteiger partial charge >= 0.3 is 0 Å². The molecular weight excluding hydrogens is 506 g/mol. The van der Waals surface area contributed by atoms with Crippen LogP contribution in [0.1, 0.15) is 91.9 Å². The molecule has 0 radical (unpaired) electrons. The third-order valence-electron chi connectivity index (χ3n) is 12.0. The maximum Gasteiger partial charge on any atom is 0.266 e. The second kappa shape index (κ2) is 11.3. The predicted octanol–water partition coefficient (Wildman–Crippen LogP) is 3.39. The van der Waals surface area contributed by atoms with Crippen LogP contribution in [-0.2, 0) is 14.9 Å². The number of carbonyl (C=O) groups excluding carboxylic acids is 1. The highest BCUT2D eigenvalue weighted by atomic mass is 32.2. The molecule has 12 atom stereocenters. The minimum Gasteiger partial charge on any atom is -0.393 e. The zero-order valence-electron chi connectivity index (χ0n) is 23.7. The van der Waals surface area contributed by atoms with Crippen LogP contribution in [0.4, 0.5) is 0 Å². The van der Waals surface area contributed by atoms with Gasteiger partial charge in [0.05, 0.1) is 30.0 Å². The predicted molar refractivity (Wildman–Crippen MR) is 146 cm³/mol. The Morgan fingerprint density at radius 3 is 2.32 bits per heavy atom. The molecule has 4 aliphatic carbocycles. The van der Waals surface area contributed by atoms with Gasteiger partial charge in [-0.15, -0.1) is 0 Å². The zero-order valence-corrected chi connectivity index (χ0v) is 24.5. The van der Waals surface area contributed by atoms with Gasteiger partial charge in [0, 0.05) is 6.54 Å². The Labute approximate surface area is 229 Å². The van der Waals surface area contributed by atoms with Crippen LogP contribution in [0.15, 0.2) is 0 Å². The van der Waals surface area contributed by atoms with Crippen molar-refractivity contribution in [1.82, 2.24) is 5.32 Å². The van der Waals surface area contributed by atoms with E-state index >= 15 is 0 Å². The molecule has 0 bridgehead atoms. The first-order valence-corrected chi connectivity index (χ1v) is 16.6. The standard InChI is InChI=1S/C29H51NO7S/c1-17(5-8-24(32)18(2)27(34)30-13-14-38(35,36)37)21-6-7-22-26-23(10-12-29(21,22)4)28(3)11-9-20(31)15-19(28)16-25(26)33/h17-26,31-33H,5-16H2,1-4H3,(H,30,34)(H,35,36,37)/t17-,18-,19+,20-,21-,22+,23+,24+,25-,26+,28+,29-/m1/s1. The van der Waals surface area contributed by atoms with Gasteiger partial charge in [-0.2, -0.15) is 8.42 Å². The largest absolute Gasteiger partial charge is 0.393 e. The average molecular weight is 558 g/mol. The first-order chi connectivity index (χ1) is 17.7. The summed E-state index contributed by atoms with van der Waals surface area (Å²) >= 11 is 0. The molecule has 0 spiro atoms. The number of fused-ring (bicyclic) bond motifs is 5. The number of rotatable bonds is 9. The first kappa shape index (κ1) is 30.2. The lowest BCUT2D eigenvalue weighted by molar-refractivity contribution is -0.174. The minimum absolute atomic E-state index is 0.169. The summed E-state index contributed by atoms with van der Waals surface area (Å²) in [7, 11) is -4.14. The lowest BCUT2D eigenvalue weighted by Gasteiger charge is -2.62. The Kier molecular flexibility index (Phi) is 8.96. The number of nitrogens with one attached hydrogen (secondary N) is 1. The van der Waals surface area contributed by atoms with E-state index in [1.807, 2.05) is 0 Å². The number of amides is 1. The fourth-order valence-corrected chi connectivity index (χ4v) is 10.1. The summed E-state index contributed by atoms with van der Waals surface area (Å²) in [5, 5.41) is 34.9. The van der Waals surface area contributed by atoms with E-state index in [1.165, 1.54) is 6.42 Å². The molecule has 4 fully saturated rings. The van der Waals surface area contributed by atoms with Crippen LogP contribution in [0, 0.1) is 52.3 Å². The molecule has 220 valence electrons. The van der Waals surface area contributed by atoms with E-state index in [0.717, 1.165) is 51.4 Å². The number of aliphatic hydroxyl groups is 3. The van der Waals surface area contributed by atoms with Gasteiger partial charge in [0.1, 0.15) is 0 Å². The van der Waals surface area contributed by atoms with Crippen LogP contribution in [0.2, 0.25) is 0 Å². The molecule has 0 unspecified atom stereocenters. The van der Waals surface area contributed by atoms with Crippen molar-refractivity contribution in [3.05, 3.63) is 0 Å². The van der Waals surface area contributed by atoms with E-state index < -0.39 is 33.8 Å². The SMILES string of the molecule is C[C@H](CC[C@H](O)[C@@H](C)C(=O)NCCS(=O)(=O)O)[C@H]1CC[C@H]2[C@@H]3[C@H](O)C[C@@H]4C[C@H](O)CC[C@]4(C)[C@H]3CC[C@]12C. The van der Waals surface area contributed by atoms with Gasteiger partial charge < -0.3 is 20.6 Å². The number of carbonyl (C=O) groups is 1. The molecule has 4 aliphatic rings. The highest BCUT2D eigenvalue weighted by Crippen LogP contribution is 2.68. The van der Waals surface area contributed by atoms with Crippen molar-refractivity contribution in [2.45, 2.75) is 110 Å². The number of hydrogen-bond acceptors (Lipinski definition) is 6. The number of hydrogen-bond donors (Lipinski definition) is 5. The van der Waals surface area contributed by atoms with Gasteiger partial charge in [0.2, 0.25) is 5.91 Å². The van der Waals surface area contributed by atoms with Crippen LogP contribution in [0.25, 0.3) is 0 Å². The maximum absolute atomic E-state index is 12.3. The highest BCUT2D eigenvalue weighted by Gasteiger charge is 2.62. The third-order valence-corrected chi connectivity index (χ3v) is 12.7. The lowest BCUT2D eigenvalue weighted by atomic mass is 9.43. The first-order valence-electron chi connectivity index (χ1n) is 14.9. The topological polar surface area (TPSA) is 144 Å². The van der Waals surface area contributed by atoms with Gasteiger partial charge in [-0.1, -0.05) is 27.7 Å². The fraction of sp³-hybridized carbons (Fsp3) is 0.966. The van der Waals surface area contributed by atoms with E-state index in [2.05, 4.69) is 26.1 Å². The molecule has 0 saturated heterocycles. The van der Waals surface area contributed by atoms with Crippen molar-refractivity contribution < 1.29 is 33.1 Å². The summed E-state index contributed by atoms with van der Waals surface area (Å²) < 4.78 is 30.6. The third kappa shape index (κ3) is 5.83. The molecule has 0 aromatic heterocycles. The zero-order chi connectivity index (χ0) is 28.0. The van der Waals surface area contributed by atoms with Crippen LogP contribution < -0.4 is 5.32 Å². The monoisotopic (exact) mass is 557 g/mol. The quantitative estimate of drug-likeness (QED) is 0.273. The smallest absolute Gasteiger partial charge is 0.266 e. The van der Waals surface area contributed by atoms with Crippen LogP contribution in [-0.4, -0.2) is 64.8 Å². The van der Waals surface area contributed by atoms with E-state index in [1.54, 1.807) is 6.92 Å². The van der Waals surface area contributed by atoms with Crippen molar-refractivity contribution in [1.29, 1.82) is 0 Å². The molecule has 0 aliphatic heterocycles. The van der Waals surface area contributed by atoms with Crippen LogP contribution in [0.5, 0.6) is 0 Å². The fourth-order valence-electron chi connectivity index (χ4n) is 9.70. The molecule has 8 nitrogen and oxygen atoms in total. The van der Waals surface area contributed by atoms with E-state index in [0.29, 0.717) is 41.9 Å². The van der Waals surface area contributed by atoms with Gasteiger partial charge in [-0.05, 0) is 111 Å². The second-order valence-corrected chi connectivity index (χ2v) is 15.5. The molecule has 38 heavy (non-hydrogen) atoms.